The van der Waals surface area contributed by atoms with E-state index in [2.05, 4.69) is 44.8 Å². The Morgan fingerprint density at radius 2 is 1.88 bits per heavy atom. The second-order valence-electron chi connectivity index (χ2n) is 3.61. The molecule has 0 radical (unpaired) electrons. The quantitative estimate of drug-likeness (QED) is 0.485. The molecule has 0 amide bonds. The van der Waals surface area contributed by atoms with E-state index < -0.39 is 0 Å². The Kier molecular flexibility index (Phi) is 4.59. The first-order chi connectivity index (χ1) is 7.99. The first-order valence-corrected chi connectivity index (χ1v) is 8.12. The van der Waals surface area contributed by atoms with Crippen molar-refractivity contribution in [1.82, 2.24) is 0 Å². The van der Waals surface area contributed by atoms with Crippen molar-refractivity contribution in [3.05, 3.63) is 54.1 Å². The van der Waals surface area contributed by atoms with E-state index >= 15 is 0 Å². The molecule has 0 aliphatic rings. The van der Waals surface area contributed by atoms with Crippen molar-refractivity contribution in [3.8, 4) is 0 Å². The zero-order valence-electron chi connectivity index (χ0n) is 8.81. The molecule has 0 aliphatic heterocycles. The highest BCUT2D eigenvalue weighted by atomic mass is 79.9. The van der Waals surface area contributed by atoms with Gasteiger partial charge in [0.25, 0.3) is 0 Å². The van der Waals surface area contributed by atoms with Crippen molar-refractivity contribution < 1.29 is 0 Å². The van der Waals surface area contributed by atoms with E-state index in [1.807, 2.05) is 18.2 Å². The van der Waals surface area contributed by atoms with Gasteiger partial charge in [-0.2, -0.15) is 0 Å². The van der Waals surface area contributed by atoms with Crippen LogP contribution in [0.15, 0.2) is 28.7 Å². The third-order valence-electron chi connectivity index (χ3n) is 2.30. The van der Waals surface area contributed by atoms with Gasteiger partial charge in [-0.1, -0.05) is 45.2 Å². The molecule has 2 rings (SSSR count). The van der Waals surface area contributed by atoms with Gasteiger partial charge in [0.05, 0.1) is 14.9 Å². The van der Waals surface area contributed by atoms with E-state index in [9.17, 15) is 0 Å². The molecule has 0 saturated heterocycles. The SMILES string of the molecule is Cc1cc(Br)c(C(Br)c2ccc(Cl)c(Cl)c2)s1. The first-order valence-electron chi connectivity index (χ1n) is 4.84. The van der Waals surface area contributed by atoms with E-state index in [4.69, 9.17) is 23.2 Å². The van der Waals surface area contributed by atoms with Crippen LogP contribution >= 0.6 is 66.4 Å². The molecule has 2 aromatic rings. The fourth-order valence-electron chi connectivity index (χ4n) is 1.50. The molecule has 0 spiro atoms. The lowest BCUT2D eigenvalue weighted by atomic mass is 10.1. The zero-order valence-corrected chi connectivity index (χ0v) is 14.3. The highest BCUT2D eigenvalue weighted by Crippen LogP contribution is 2.41. The minimum absolute atomic E-state index is 0.130. The maximum Gasteiger partial charge on any atom is 0.0750 e. The average molecular weight is 415 g/mol. The average Bonchev–Trinajstić information content (AvgIpc) is 2.61. The molecule has 0 saturated carbocycles. The van der Waals surface area contributed by atoms with Gasteiger partial charge >= 0.3 is 0 Å². The minimum Gasteiger partial charge on any atom is -0.143 e. The third kappa shape index (κ3) is 3.07. The summed E-state index contributed by atoms with van der Waals surface area (Å²) in [5.41, 5.74) is 1.10. The van der Waals surface area contributed by atoms with E-state index in [0.717, 1.165) is 10.0 Å². The summed E-state index contributed by atoms with van der Waals surface area (Å²) in [7, 11) is 0. The number of rotatable bonds is 2. The van der Waals surface area contributed by atoms with Gasteiger partial charge in [-0.3, -0.25) is 0 Å². The van der Waals surface area contributed by atoms with E-state index in [0.29, 0.717) is 10.0 Å². The van der Waals surface area contributed by atoms with Crippen molar-refractivity contribution in [3.63, 3.8) is 0 Å². The zero-order chi connectivity index (χ0) is 12.6. The van der Waals surface area contributed by atoms with Gasteiger partial charge in [0.15, 0.2) is 0 Å². The van der Waals surface area contributed by atoms with Crippen LogP contribution in [0.2, 0.25) is 10.0 Å². The van der Waals surface area contributed by atoms with Crippen molar-refractivity contribution in [2.24, 2.45) is 0 Å². The molecule has 1 heterocycles. The van der Waals surface area contributed by atoms with Gasteiger partial charge in [0, 0.05) is 14.2 Å². The van der Waals surface area contributed by atoms with E-state index in [1.54, 1.807) is 11.3 Å². The van der Waals surface area contributed by atoms with Gasteiger partial charge < -0.3 is 0 Å². The molecule has 0 fully saturated rings. The molecule has 0 aliphatic carbocycles. The van der Waals surface area contributed by atoms with Gasteiger partial charge in [-0.05, 0) is 46.6 Å². The van der Waals surface area contributed by atoms with Crippen molar-refractivity contribution in [2.45, 2.75) is 11.8 Å². The molecule has 1 unspecified atom stereocenters. The van der Waals surface area contributed by atoms with Crippen LogP contribution in [0.1, 0.15) is 20.1 Å². The van der Waals surface area contributed by atoms with Crippen LogP contribution in [-0.4, -0.2) is 0 Å². The Morgan fingerprint density at radius 1 is 1.18 bits per heavy atom. The maximum absolute atomic E-state index is 6.03. The van der Waals surface area contributed by atoms with Crippen LogP contribution in [-0.2, 0) is 0 Å². The summed E-state index contributed by atoms with van der Waals surface area (Å²) in [5, 5.41) is 1.16. The topological polar surface area (TPSA) is 0 Å². The van der Waals surface area contributed by atoms with Crippen molar-refractivity contribution in [2.75, 3.05) is 0 Å². The molecule has 1 aromatic carbocycles. The van der Waals surface area contributed by atoms with Crippen LogP contribution in [0.3, 0.4) is 0 Å². The third-order valence-corrected chi connectivity index (χ3v) is 6.37. The van der Waals surface area contributed by atoms with E-state index in [1.165, 1.54) is 9.75 Å². The molecule has 90 valence electrons. The van der Waals surface area contributed by atoms with Crippen molar-refractivity contribution in [1.29, 1.82) is 0 Å². The Bertz CT molecular complexity index is 551. The summed E-state index contributed by atoms with van der Waals surface area (Å²) in [6, 6.07) is 7.81. The molecule has 0 N–H and O–H groups in total. The summed E-state index contributed by atoms with van der Waals surface area (Å²) >= 11 is 21.0. The Hall–Kier alpha value is 0.460. The number of halogens is 4. The standard InChI is InChI=1S/C12H8Br2Cl2S/c1-6-4-8(13)12(17-6)11(14)7-2-3-9(15)10(16)5-7/h2-5,11H,1H3. The number of alkyl halides is 1. The summed E-state index contributed by atoms with van der Waals surface area (Å²) in [6.45, 7) is 2.09. The largest absolute Gasteiger partial charge is 0.143 e. The molecular formula is C12H8Br2Cl2S. The fraction of sp³-hybridized carbons (Fsp3) is 0.167. The normalized spacial score (nSPS) is 12.8. The lowest BCUT2D eigenvalue weighted by Gasteiger charge is -2.10. The summed E-state index contributed by atoms with van der Waals surface area (Å²) in [6.07, 6.45) is 0. The van der Waals surface area contributed by atoms with Gasteiger partial charge in [0.1, 0.15) is 0 Å². The first kappa shape index (κ1) is 13.9. The second kappa shape index (κ2) is 5.62. The monoisotopic (exact) mass is 412 g/mol. The molecule has 17 heavy (non-hydrogen) atoms. The lowest BCUT2D eigenvalue weighted by Crippen LogP contribution is -1.90. The molecule has 5 heteroatoms. The summed E-state index contributed by atoms with van der Waals surface area (Å²) in [4.78, 5) is 2.64. The predicted molar refractivity (Wildman–Crippen MR) is 84.0 cm³/mol. The smallest absolute Gasteiger partial charge is 0.0750 e. The minimum atomic E-state index is 0.130. The number of benzene rings is 1. The number of hydrogen-bond acceptors (Lipinski definition) is 1. The van der Waals surface area contributed by atoms with Crippen LogP contribution in [0.4, 0.5) is 0 Å². The number of thiophene rings is 1. The van der Waals surface area contributed by atoms with Crippen LogP contribution in [0.25, 0.3) is 0 Å². The Balaban J connectivity index is 2.40. The fourth-order valence-corrected chi connectivity index (χ4v) is 4.81. The number of aryl methyl sites for hydroxylation is 1. The summed E-state index contributed by atoms with van der Waals surface area (Å²) in [5.74, 6) is 0. The highest BCUT2D eigenvalue weighted by Gasteiger charge is 2.17. The van der Waals surface area contributed by atoms with Gasteiger partial charge in [0.2, 0.25) is 0 Å². The van der Waals surface area contributed by atoms with Crippen LogP contribution < -0.4 is 0 Å². The summed E-state index contributed by atoms with van der Waals surface area (Å²) < 4.78 is 1.12. The van der Waals surface area contributed by atoms with E-state index in [-0.39, 0.29) is 4.83 Å². The highest BCUT2D eigenvalue weighted by molar-refractivity contribution is 9.11. The van der Waals surface area contributed by atoms with Gasteiger partial charge in [-0.15, -0.1) is 11.3 Å². The van der Waals surface area contributed by atoms with Crippen LogP contribution in [0, 0.1) is 6.92 Å². The van der Waals surface area contributed by atoms with Gasteiger partial charge in [-0.25, -0.2) is 0 Å². The molecular weight excluding hydrogens is 407 g/mol. The Labute approximate surface area is 131 Å². The molecule has 0 bridgehead atoms. The second-order valence-corrected chi connectivity index (χ2v) is 7.48. The number of hydrogen-bond donors (Lipinski definition) is 0. The molecule has 1 aromatic heterocycles. The molecule has 0 nitrogen and oxygen atoms in total. The Morgan fingerprint density at radius 3 is 2.41 bits per heavy atom. The van der Waals surface area contributed by atoms with Crippen LogP contribution in [0.5, 0.6) is 0 Å². The maximum atomic E-state index is 6.03. The lowest BCUT2D eigenvalue weighted by molar-refractivity contribution is 1.21. The predicted octanol–water partition coefficient (Wildman–Crippen LogP) is 6.61. The van der Waals surface area contributed by atoms with Crippen molar-refractivity contribution >= 4 is 66.4 Å². The molecule has 1 atom stereocenters.